The summed E-state index contributed by atoms with van der Waals surface area (Å²) in [5.74, 6) is 0. The van der Waals surface area contributed by atoms with Gasteiger partial charge in [0.15, 0.2) is 0 Å². The van der Waals surface area contributed by atoms with Gasteiger partial charge in [0, 0.05) is 99.6 Å². The van der Waals surface area contributed by atoms with E-state index in [1.807, 2.05) is 48.5 Å². The van der Waals surface area contributed by atoms with Gasteiger partial charge in [-0.15, -0.1) is 24.8 Å². The van der Waals surface area contributed by atoms with Crippen LogP contribution in [0.4, 0.5) is 34.1 Å². The van der Waals surface area contributed by atoms with Gasteiger partial charge in [-0.25, -0.2) is 33.7 Å². The van der Waals surface area contributed by atoms with E-state index in [0.717, 1.165) is 115 Å². The van der Waals surface area contributed by atoms with Gasteiger partial charge in [-0.3, -0.25) is 28.7 Å². The van der Waals surface area contributed by atoms with Gasteiger partial charge in [0.2, 0.25) is 40.1 Å². The average Bonchev–Trinajstić information content (AvgIpc) is 3.16. The number of hydrogen-bond acceptors (Lipinski definition) is 12. The topological polar surface area (TPSA) is 229 Å². The van der Waals surface area contributed by atoms with Gasteiger partial charge < -0.3 is 15.3 Å². The lowest BCUT2D eigenvalue weighted by atomic mass is 10.1. The maximum Gasteiger partial charge on any atom is 0.229 e. The zero-order valence-corrected chi connectivity index (χ0v) is 40.6. The van der Waals surface area contributed by atoms with E-state index in [9.17, 15) is 33.7 Å². The average molecular weight is 996 g/mol. The molecule has 352 valence electrons. The number of sulfonamides is 4. The van der Waals surface area contributed by atoms with Crippen LogP contribution in [0.5, 0.6) is 0 Å². The van der Waals surface area contributed by atoms with Gasteiger partial charge in [-0.2, -0.15) is 0 Å². The maximum atomic E-state index is 11.3. The van der Waals surface area contributed by atoms with Gasteiger partial charge in [0.1, 0.15) is 0 Å². The number of nitrogens with one attached hydrogen (secondary N) is 4. The Morgan fingerprint density at radius 3 is 0.825 bits per heavy atom. The summed E-state index contributed by atoms with van der Waals surface area (Å²) in [4.78, 5) is 9.43. The lowest BCUT2D eigenvalue weighted by molar-refractivity contribution is 0.261. The summed E-state index contributed by atoms with van der Waals surface area (Å²) >= 11 is 0. The number of anilines is 6. The van der Waals surface area contributed by atoms with Crippen molar-refractivity contribution in [2.75, 3.05) is 119 Å². The molecule has 0 aromatic heterocycles. The van der Waals surface area contributed by atoms with Crippen LogP contribution in [0.3, 0.4) is 0 Å². The van der Waals surface area contributed by atoms with Gasteiger partial charge in [-0.05, 0) is 96.8 Å². The van der Waals surface area contributed by atoms with Crippen molar-refractivity contribution in [3.63, 3.8) is 0 Å². The fourth-order valence-corrected chi connectivity index (χ4v) is 9.11. The molecule has 0 unspecified atom stereocenters. The van der Waals surface area contributed by atoms with Gasteiger partial charge in [-0.1, -0.05) is 24.3 Å². The number of hydrogen-bond donors (Lipinski definition) is 4. The van der Waals surface area contributed by atoms with Crippen molar-refractivity contribution in [1.82, 2.24) is 9.80 Å². The first kappa shape index (κ1) is 55.1. The molecule has 17 nitrogen and oxygen atoms in total. The normalized spacial score (nSPS) is 15.0. The molecule has 2 heterocycles. The summed E-state index contributed by atoms with van der Waals surface area (Å²) in [5.41, 5.74) is 6.80. The number of nitrogens with zero attached hydrogens (tertiary/aromatic N) is 4. The van der Waals surface area contributed by atoms with Crippen molar-refractivity contribution < 1.29 is 39.1 Å². The van der Waals surface area contributed by atoms with E-state index < -0.39 is 40.1 Å². The highest BCUT2D eigenvalue weighted by Crippen LogP contribution is 2.22. The number of piperazine rings is 2. The molecule has 6 N–H and O–H groups in total. The second kappa shape index (κ2) is 24.3. The molecule has 23 heteroatoms. The maximum absolute atomic E-state index is 11.3. The molecule has 2 saturated heterocycles. The molecule has 2 aliphatic heterocycles. The third kappa shape index (κ3) is 20.5. The molecule has 0 atom stereocenters. The molecule has 0 amide bonds. The standard InChI is InChI=1S/2C20H28N4O4S2.2ClH.H2O/c2*1-29(25,26)21-18-5-3-17(4-6-18)11-12-23-13-15-24(16-14-23)20-9-7-19(8-10-20)22-30(2,27)28;;;/h2*3-10,21-22H,11-16H2,1-2H3;2*1H;1H2. The summed E-state index contributed by atoms with van der Waals surface area (Å²) < 4.78 is 100. The lowest BCUT2D eigenvalue weighted by Crippen LogP contribution is -2.47. The molecule has 4 aromatic carbocycles. The molecule has 0 aliphatic carbocycles. The molecule has 0 spiro atoms. The van der Waals surface area contributed by atoms with Crippen molar-refractivity contribution in [2.24, 2.45) is 0 Å². The molecule has 6 rings (SSSR count). The van der Waals surface area contributed by atoms with Crippen LogP contribution in [0.1, 0.15) is 11.1 Å². The van der Waals surface area contributed by atoms with Crippen molar-refractivity contribution in [2.45, 2.75) is 12.8 Å². The van der Waals surface area contributed by atoms with Crippen LogP contribution < -0.4 is 28.7 Å². The molecule has 0 saturated carbocycles. The second-order valence-corrected chi connectivity index (χ2v) is 22.1. The van der Waals surface area contributed by atoms with Crippen LogP contribution in [0, 0.1) is 0 Å². The lowest BCUT2D eigenvalue weighted by Gasteiger charge is -2.36. The quantitative estimate of drug-likeness (QED) is 0.126. The largest absolute Gasteiger partial charge is 0.412 e. The smallest absolute Gasteiger partial charge is 0.229 e. The summed E-state index contributed by atoms with van der Waals surface area (Å²) in [5, 5.41) is 0. The zero-order chi connectivity index (χ0) is 43.6. The minimum atomic E-state index is -3.26. The summed E-state index contributed by atoms with van der Waals surface area (Å²) in [7, 11) is -13.0. The van der Waals surface area contributed by atoms with Crippen LogP contribution in [0.25, 0.3) is 0 Å². The van der Waals surface area contributed by atoms with Crippen molar-refractivity contribution in [1.29, 1.82) is 0 Å². The van der Waals surface area contributed by atoms with Crippen LogP contribution in [-0.2, 0) is 52.9 Å². The van der Waals surface area contributed by atoms with Crippen LogP contribution in [-0.4, -0.2) is 139 Å². The van der Waals surface area contributed by atoms with E-state index in [4.69, 9.17) is 0 Å². The molecular formula is C40H60Cl2N8O9S4. The van der Waals surface area contributed by atoms with Crippen molar-refractivity contribution >= 4 is 99.0 Å². The zero-order valence-electron chi connectivity index (χ0n) is 35.7. The highest BCUT2D eigenvalue weighted by molar-refractivity contribution is 7.92. The molecule has 2 aliphatic rings. The number of benzene rings is 4. The Kier molecular flexibility index (Phi) is 21.2. The van der Waals surface area contributed by atoms with Crippen LogP contribution in [0.15, 0.2) is 97.1 Å². The van der Waals surface area contributed by atoms with Gasteiger partial charge in [0.05, 0.1) is 25.0 Å². The Balaban J connectivity index is 0.000000414. The third-order valence-electron chi connectivity index (χ3n) is 9.76. The summed E-state index contributed by atoms with van der Waals surface area (Å²) in [6, 6.07) is 29.9. The molecular weight excluding hydrogens is 936 g/mol. The van der Waals surface area contributed by atoms with E-state index in [0.29, 0.717) is 22.7 Å². The minimum absolute atomic E-state index is 0. The number of halogens is 2. The van der Waals surface area contributed by atoms with Crippen LogP contribution >= 0.6 is 24.8 Å². The van der Waals surface area contributed by atoms with Crippen LogP contribution in [0.2, 0.25) is 0 Å². The minimum Gasteiger partial charge on any atom is -0.412 e. The first-order chi connectivity index (χ1) is 28.1. The van der Waals surface area contributed by atoms with Gasteiger partial charge >= 0.3 is 0 Å². The third-order valence-corrected chi connectivity index (χ3v) is 12.2. The summed E-state index contributed by atoms with van der Waals surface area (Å²) in [6.45, 7) is 9.37. The molecule has 0 radical (unpaired) electrons. The second-order valence-electron chi connectivity index (χ2n) is 15.1. The van der Waals surface area contributed by atoms with E-state index in [1.165, 1.54) is 11.1 Å². The van der Waals surface area contributed by atoms with E-state index in [1.54, 1.807) is 48.5 Å². The molecule has 2 fully saturated rings. The van der Waals surface area contributed by atoms with Crippen molar-refractivity contribution in [3.05, 3.63) is 108 Å². The van der Waals surface area contributed by atoms with Crippen molar-refractivity contribution in [3.8, 4) is 0 Å². The van der Waals surface area contributed by atoms with E-state index in [-0.39, 0.29) is 30.3 Å². The molecule has 4 aromatic rings. The fourth-order valence-electron chi connectivity index (χ4n) is 6.85. The number of rotatable bonds is 16. The Bertz CT molecular complexity index is 2280. The fraction of sp³-hybridized carbons (Fsp3) is 0.400. The monoisotopic (exact) mass is 994 g/mol. The Labute approximate surface area is 386 Å². The predicted molar refractivity (Wildman–Crippen MR) is 262 cm³/mol. The molecule has 63 heavy (non-hydrogen) atoms. The van der Waals surface area contributed by atoms with E-state index in [2.05, 4.69) is 38.5 Å². The Morgan fingerprint density at radius 2 is 0.603 bits per heavy atom. The van der Waals surface area contributed by atoms with E-state index >= 15 is 0 Å². The first-order valence-electron chi connectivity index (χ1n) is 19.4. The SMILES string of the molecule is CS(=O)(=O)Nc1ccc(CCN2CCN(c3ccc(NS(C)(=O)=O)cc3)CC2)cc1.CS(=O)(=O)Nc1ccc(CCN2CCN(c3ccc(NS(C)(=O)=O)cc3)CC2)cc1.Cl.Cl.O. The highest BCUT2D eigenvalue weighted by Gasteiger charge is 2.19. The summed E-state index contributed by atoms with van der Waals surface area (Å²) in [6.07, 6.45) is 6.38. The first-order valence-corrected chi connectivity index (χ1v) is 27.0. The van der Waals surface area contributed by atoms with Gasteiger partial charge in [0.25, 0.3) is 0 Å². The molecule has 0 bridgehead atoms. The predicted octanol–water partition coefficient (Wildman–Crippen LogP) is 3.61. The highest BCUT2D eigenvalue weighted by atomic mass is 35.5. The Hall–Kier alpha value is -4.06. The Morgan fingerprint density at radius 1 is 0.381 bits per heavy atom.